The molecule has 2 aromatic heterocycles. The van der Waals surface area contributed by atoms with E-state index in [-0.39, 0.29) is 11.7 Å². The highest BCUT2D eigenvalue weighted by molar-refractivity contribution is 7.99. The first-order chi connectivity index (χ1) is 13.1. The highest BCUT2D eigenvalue weighted by atomic mass is 32.2. The van der Waals surface area contributed by atoms with Crippen molar-refractivity contribution in [1.82, 2.24) is 14.8 Å². The number of carbonyl (C=O) groups is 2. The van der Waals surface area contributed by atoms with Gasteiger partial charge >= 0.3 is 5.97 Å². The smallest absolute Gasteiger partial charge is 0.337 e. The normalized spacial score (nSPS) is 10.6. The Balaban J connectivity index is 1.64. The zero-order valence-electron chi connectivity index (χ0n) is 14.8. The van der Waals surface area contributed by atoms with Gasteiger partial charge in [0.25, 0.3) is 0 Å². The van der Waals surface area contributed by atoms with Crippen LogP contribution in [0.15, 0.2) is 52.2 Å². The number of furan rings is 1. The van der Waals surface area contributed by atoms with E-state index in [1.807, 2.05) is 17.6 Å². The number of hydrogen-bond donors (Lipinski definition) is 1. The van der Waals surface area contributed by atoms with E-state index in [4.69, 9.17) is 4.42 Å². The van der Waals surface area contributed by atoms with Gasteiger partial charge in [-0.2, -0.15) is 0 Å². The summed E-state index contributed by atoms with van der Waals surface area (Å²) >= 11 is 1.28. The molecule has 9 heteroatoms. The zero-order chi connectivity index (χ0) is 19.2. The van der Waals surface area contributed by atoms with E-state index < -0.39 is 5.97 Å². The number of esters is 1. The van der Waals surface area contributed by atoms with Gasteiger partial charge in [-0.25, -0.2) is 4.79 Å². The molecule has 0 fully saturated rings. The van der Waals surface area contributed by atoms with Crippen LogP contribution in [-0.2, 0) is 16.1 Å². The fraction of sp³-hybridized carbons (Fsp3) is 0.222. The highest BCUT2D eigenvalue weighted by Gasteiger charge is 2.16. The third kappa shape index (κ3) is 4.37. The van der Waals surface area contributed by atoms with Crippen LogP contribution in [0.4, 0.5) is 5.69 Å². The number of nitrogens with zero attached hydrogens (tertiary/aromatic N) is 3. The Morgan fingerprint density at radius 3 is 2.81 bits per heavy atom. The molecule has 8 nitrogen and oxygen atoms in total. The monoisotopic (exact) mass is 386 g/mol. The first-order valence-electron chi connectivity index (χ1n) is 8.20. The van der Waals surface area contributed by atoms with Crippen molar-refractivity contribution in [3.05, 3.63) is 48.2 Å². The van der Waals surface area contributed by atoms with Crippen molar-refractivity contribution in [3.63, 3.8) is 0 Å². The van der Waals surface area contributed by atoms with Crippen LogP contribution in [0.1, 0.15) is 17.3 Å². The molecule has 27 heavy (non-hydrogen) atoms. The Kier molecular flexibility index (Phi) is 5.92. The van der Waals surface area contributed by atoms with E-state index in [0.717, 1.165) is 0 Å². The molecule has 1 N–H and O–H groups in total. The SMILES string of the molecule is CCn1c(SCC(=O)Nc2cccc(C(=O)OC)c2)nnc1-c1ccco1. The Hall–Kier alpha value is -3.07. The van der Waals surface area contributed by atoms with Gasteiger partial charge < -0.3 is 14.5 Å². The quantitative estimate of drug-likeness (QED) is 0.492. The number of ether oxygens (including phenoxy) is 1. The minimum Gasteiger partial charge on any atom is -0.465 e. The van der Waals surface area contributed by atoms with Crippen LogP contribution >= 0.6 is 11.8 Å². The minimum absolute atomic E-state index is 0.152. The van der Waals surface area contributed by atoms with E-state index in [9.17, 15) is 9.59 Å². The average molecular weight is 386 g/mol. The molecule has 0 bridgehead atoms. The van der Waals surface area contributed by atoms with Crippen LogP contribution in [0.5, 0.6) is 0 Å². The first-order valence-corrected chi connectivity index (χ1v) is 9.19. The van der Waals surface area contributed by atoms with Gasteiger partial charge in [-0.15, -0.1) is 10.2 Å². The van der Waals surface area contributed by atoms with E-state index in [1.54, 1.807) is 36.6 Å². The lowest BCUT2D eigenvalue weighted by atomic mass is 10.2. The first kappa shape index (κ1) is 18.7. The molecule has 0 spiro atoms. The summed E-state index contributed by atoms with van der Waals surface area (Å²) in [5.41, 5.74) is 0.897. The minimum atomic E-state index is -0.457. The van der Waals surface area contributed by atoms with Gasteiger partial charge in [0.1, 0.15) is 0 Å². The number of hydrogen-bond acceptors (Lipinski definition) is 7. The van der Waals surface area contributed by atoms with Crippen LogP contribution in [0.3, 0.4) is 0 Å². The summed E-state index contributed by atoms with van der Waals surface area (Å²) in [6.45, 7) is 2.62. The summed E-state index contributed by atoms with van der Waals surface area (Å²) in [4.78, 5) is 23.8. The van der Waals surface area contributed by atoms with Crippen molar-refractivity contribution >= 4 is 29.3 Å². The van der Waals surface area contributed by atoms with Crippen LogP contribution in [-0.4, -0.2) is 39.5 Å². The molecule has 0 aliphatic heterocycles. The lowest BCUT2D eigenvalue weighted by Crippen LogP contribution is -2.15. The van der Waals surface area contributed by atoms with Crippen molar-refractivity contribution < 1.29 is 18.7 Å². The number of rotatable bonds is 7. The number of anilines is 1. The second-order valence-electron chi connectivity index (χ2n) is 5.44. The molecule has 0 aliphatic carbocycles. The standard InChI is InChI=1S/C18H18N4O4S/c1-3-22-16(14-8-5-9-26-14)20-21-18(22)27-11-15(23)19-13-7-4-6-12(10-13)17(24)25-2/h4-10H,3,11H2,1-2H3,(H,19,23). The van der Waals surface area contributed by atoms with Crippen LogP contribution in [0.2, 0.25) is 0 Å². The van der Waals surface area contributed by atoms with Crippen LogP contribution in [0.25, 0.3) is 11.6 Å². The summed E-state index contributed by atoms with van der Waals surface area (Å²) in [6.07, 6.45) is 1.58. The topological polar surface area (TPSA) is 99.2 Å². The largest absolute Gasteiger partial charge is 0.465 e. The predicted octanol–water partition coefficient (Wildman–Crippen LogP) is 3.08. The van der Waals surface area contributed by atoms with Gasteiger partial charge in [-0.1, -0.05) is 17.8 Å². The summed E-state index contributed by atoms with van der Waals surface area (Å²) in [7, 11) is 1.31. The number of methoxy groups -OCH3 is 1. The average Bonchev–Trinajstić information content (AvgIpc) is 3.34. The van der Waals surface area contributed by atoms with Crippen molar-refractivity contribution in [2.75, 3.05) is 18.2 Å². The molecule has 3 aromatic rings. The lowest BCUT2D eigenvalue weighted by Gasteiger charge is -2.08. The fourth-order valence-electron chi connectivity index (χ4n) is 2.44. The Labute approximate surface area is 159 Å². The molecule has 0 saturated carbocycles. The summed E-state index contributed by atoms with van der Waals surface area (Å²) in [6, 6.07) is 10.2. The molecule has 0 saturated heterocycles. The fourth-order valence-corrected chi connectivity index (χ4v) is 3.24. The predicted molar refractivity (Wildman–Crippen MR) is 101 cm³/mol. The second-order valence-corrected chi connectivity index (χ2v) is 6.38. The van der Waals surface area contributed by atoms with Crippen molar-refractivity contribution in [2.45, 2.75) is 18.6 Å². The number of carbonyl (C=O) groups excluding carboxylic acids is 2. The zero-order valence-corrected chi connectivity index (χ0v) is 15.7. The Bertz CT molecular complexity index is 937. The molecule has 140 valence electrons. The molecule has 0 aliphatic rings. The molecule has 1 amide bonds. The van der Waals surface area contributed by atoms with E-state index in [1.165, 1.54) is 18.9 Å². The molecule has 0 radical (unpaired) electrons. The number of aromatic nitrogens is 3. The van der Waals surface area contributed by atoms with E-state index in [2.05, 4.69) is 20.3 Å². The number of amides is 1. The number of nitrogens with one attached hydrogen (secondary N) is 1. The van der Waals surface area contributed by atoms with E-state index >= 15 is 0 Å². The Morgan fingerprint density at radius 2 is 2.11 bits per heavy atom. The summed E-state index contributed by atoms with van der Waals surface area (Å²) in [5.74, 6) is 0.726. The van der Waals surface area contributed by atoms with Crippen molar-refractivity contribution in [1.29, 1.82) is 0 Å². The second kappa shape index (κ2) is 8.54. The van der Waals surface area contributed by atoms with Crippen LogP contribution < -0.4 is 5.32 Å². The van der Waals surface area contributed by atoms with Gasteiger partial charge in [0.05, 0.1) is 24.7 Å². The molecule has 0 unspecified atom stereocenters. The van der Waals surface area contributed by atoms with Gasteiger partial charge in [-0.3, -0.25) is 9.36 Å². The maximum Gasteiger partial charge on any atom is 0.337 e. The highest BCUT2D eigenvalue weighted by Crippen LogP contribution is 2.24. The maximum absolute atomic E-state index is 12.2. The molecule has 2 heterocycles. The summed E-state index contributed by atoms with van der Waals surface area (Å²) in [5, 5.41) is 11.7. The van der Waals surface area contributed by atoms with Gasteiger partial charge in [0, 0.05) is 12.2 Å². The van der Waals surface area contributed by atoms with Gasteiger partial charge in [-0.05, 0) is 37.3 Å². The van der Waals surface area contributed by atoms with E-state index in [0.29, 0.717) is 34.5 Å². The maximum atomic E-state index is 12.2. The van der Waals surface area contributed by atoms with Crippen LogP contribution in [0, 0.1) is 0 Å². The van der Waals surface area contributed by atoms with Gasteiger partial charge in [0.2, 0.25) is 5.91 Å². The molecular weight excluding hydrogens is 368 g/mol. The van der Waals surface area contributed by atoms with Crippen molar-refractivity contribution in [2.24, 2.45) is 0 Å². The molecule has 1 aromatic carbocycles. The third-order valence-electron chi connectivity index (χ3n) is 3.67. The number of benzene rings is 1. The van der Waals surface area contributed by atoms with Crippen molar-refractivity contribution in [3.8, 4) is 11.6 Å². The third-order valence-corrected chi connectivity index (χ3v) is 4.64. The summed E-state index contributed by atoms with van der Waals surface area (Å²) < 4.78 is 11.9. The molecule has 0 atom stereocenters. The number of thioether (sulfide) groups is 1. The molecular formula is C18H18N4O4S. The molecule has 3 rings (SSSR count). The van der Waals surface area contributed by atoms with Gasteiger partial charge in [0.15, 0.2) is 16.7 Å². The Morgan fingerprint density at radius 1 is 1.26 bits per heavy atom. The lowest BCUT2D eigenvalue weighted by molar-refractivity contribution is -0.113.